The molecule has 1 heterocycles. The van der Waals surface area contributed by atoms with Crippen LogP contribution in [0, 0.1) is 16.5 Å². The van der Waals surface area contributed by atoms with Gasteiger partial charge in [0, 0.05) is 13.1 Å². The van der Waals surface area contributed by atoms with E-state index in [1.807, 2.05) is 0 Å². The third-order valence-corrected chi connectivity index (χ3v) is 4.70. The second kappa shape index (κ2) is 6.72. The number of carbonyl (C=O) groups excluding carboxylic acids is 2. The summed E-state index contributed by atoms with van der Waals surface area (Å²) in [6.45, 7) is 0. The molecule has 0 radical (unpaired) electrons. The van der Waals surface area contributed by atoms with Gasteiger partial charge in [-0.2, -0.15) is 0 Å². The monoisotopic (exact) mass is 350 g/mol. The van der Waals surface area contributed by atoms with Crippen LogP contribution in [0.4, 0.5) is 4.39 Å². The number of amides is 2. The Morgan fingerprint density at radius 1 is 1.25 bits per heavy atom. The molecule has 1 saturated carbocycles. The molecule has 0 saturated heterocycles. The summed E-state index contributed by atoms with van der Waals surface area (Å²) in [5.74, 6) is -1.28. The molecule has 128 valence electrons. The Kier molecular flexibility index (Phi) is 4.66. The number of rotatable bonds is 3. The molecule has 8 heteroatoms. The average Bonchev–Trinajstić information content (AvgIpc) is 2.93. The number of hydrogen-bond donors (Lipinski definition) is 4. The predicted molar refractivity (Wildman–Crippen MR) is 90.7 cm³/mol. The number of fused-ring (bicyclic) bond motifs is 1. The highest BCUT2D eigenvalue weighted by atomic mass is 32.1. The zero-order valence-electron chi connectivity index (χ0n) is 13.2. The van der Waals surface area contributed by atoms with E-state index in [4.69, 9.17) is 12.2 Å². The van der Waals surface area contributed by atoms with Gasteiger partial charge < -0.3 is 20.6 Å². The quantitative estimate of drug-likeness (QED) is 0.641. The molecule has 1 aromatic heterocycles. The lowest BCUT2D eigenvalue weighted by Gasteiger charge is -2.30. The van der Waals surface area contributed by atoms with Crippen LogP contribution in [0.15, 0.2) is 12.1 Å². The number of nitrogens with one attached hydrogen (secondary N) is 4. The molecule has 0 spiro atoms. The molecule has 3 rings (SSSR count). The van der Waals surface area contributed by atoms with E-state index < -0.39 is 11.7 Å². The topological polar surface area (TPSA) is 89.8 Å². The summed E-state index contributed by atoms with van der Waals surface area (Å²) in [5.41, 5.74) is 1.08. The summed E-state index contributed by atoms with van der Waals surface area (Å²) in [6.07, 6.45) is 3.37. The first-order chi connectivity index (χ1) is 11.5. The second-order valence-electron chi connectivity index (χ2n) is 6.04. The fourth-order valence-electron chi connectivity index (χ4n) is 3.34. The highest BCUT2D eigenvalue weighted by Crippen LogP contribution is 2.26. The van der Waals surface area contributed by atoms with E-state index in [0.29, 0.717) is 15.8 Å². The number of benzene rings is 1. The second-order valence-corrected chi connectivity index (χ2v) is 6.45. The van der Waals surface area contributed by atoms with Gasteiger partial charge in [-0.1, -0.05) is 12.8 Å². The van der Waals surface area contributed by atoms with Crippen LogP contribution in [-0.4, -0.2) is 34.9 Å². The molecule has 0 bridgehead atoms. The van der Waals surface area contributed by atoms with Crippen molar-refractivity contribution in [2.24, 2.45) is 5.92 Å². The highest BCUT2D eigenvalue weighted by molar-refractivity contribution is 7.71. The number of hydrogen-bond acceptors (Lipinski definition) is 3. The van der Waals surface area contributed by atoms with Crippen LogP contribution < -0.4 is 10.6 Å². The van der Waals surface area contributed by atoms with Crippen molar-refractivity contribution in [1.82, 2.24) is 20.6 Å². The van der Waals surface area contributed by atoms with Crippen LogP contribution in [0.3, 0.4) is 0 Å². The Hall–Kier alpha value is -2.22. The summed E-state index contributed by atoms with van der Waals surface area (Å²) >= 11 is 5.01. The molecule has 2 amide bonds. The number of H-pyrrole nitrogens is 2. The van der Waals surface area contributed by atoms with Crippen molar-refractivity contribution in [3.05, 3.63) is 28.3 Å². The SMILES string of the molecule is CNC(=O)[C@H]1CCCC[C@@H]1NC(=O)c1cc(F)cc2[nH]c(=S)[nH]c12. The molecule has 1 aliphatic rings. The van der Waals surface area contributed by atoms with Crippen molar-refractivity contribution in [2.75, 3.05) is 7.05 Å². The molecule has 0 unspecified atom stereocenters. The van der Waals surface area contributed by atoms with Crippen molar-refractivity contribution < 1.29 is 14.0 Å². The van der Waals surface area contributed by atoms with Crippen LogP contribution >= 0.6 is 12.2 Å². The van der Waals surface area contributed by atoms with Crippen LogP contribution in [-0.2, 0) is 4.79 Å². The lowest BCUT2D eigenvalue weighted by Crippen LogP contribution is -2.47. The molecule has 4 N–H and O–H groups in total. The van der Waals surface area contributed by atoms with Crippen molar-refractivity contribution in [2.45, 2.75) is 31.7 Å². The van der Waals surface area contributed by atoms with E-state index in [2.05, 4.69) is 20.6 Å². The Bertz CT molecular complexity index is 844. The Morgan fingerprint density at radius 2 is 2.00 bits per heavy atom. The van der Waals surface area contributed by atoms with E-state index in [9.17, 15) is 14.0 Å². The predicted octanol–water partition coefficient (Wildman–Crippen LogP) is 2.40. The average molecular weight is 350 g/mol. The summed E-state index contributed by atoms with van der Waals surface area (Å²) < 4.78 is 14.1. The minimum absolute atomic E-state index is 0.0783. The maximum atomic E-state index is 13.8. The zero-order chi connectivity index (χ0) is 17.3. The van der Waals surface area contributed by atoms with Crippen molar-refractivity contribution in [3.63, 3.8) is 0 Å². The minimum Gasteiger partial charge on any atom is -0.359 e. The maximum Gasteiger partial charge on any atom is 0.253 e. The molecule has 1 fully saturated rings. The smallest absolute Gasteiger partial charge is 0.253 e. The molecule has 24 heavy (non-hydrogen) atoms. The van der Waals surface area contributed by atoms with Gasteiger partial charge in [0.2, 0.25) is 5.91 Å². The van der Waals surface area contributed by atoms with E-state index in [1.54, 1.807) is 7.05 Å². The number of halogens is 1. The van der Waals surface area contributed by atoms with Gasteiger partial charge in [0.15, 0.2) is 4.77 Å². The fraction of sp³-hybridized carbons (Fsp3) is 0.438. The first-order valence-corrected chi connectivity index (χ1v) is 8.34. The van der Waals surface area contributed by atoms with Gasteiger partial charge in [-0.3, -0.25) is 9.59 Å². The molecule has 1 aliphatic carbocycles. The van der Waals surface area contributed by atoms with Gasteiger partial charge in [-0.15, -0.1) is 0 Å². The Morgan fingerprint density at radius 3 is 2.75 bits per heavy atom. The van der Waals surface area contributed by atoms with Crippen LogP contribution in [0.5, 0.6) is 0 Å². The number of aromatic nitrogens is 2. The highest BCUT2D eigenvalue weighted by Gasteiger charge is 2.32. The van der Waals surface area contributed by atoms with Gasteiger partial charge in [0.1, 0.15) is 5.82 Å². The molecule has 2 aromatic rings. The standard InChI is InChI=1S/C16H19FN4O2S/c1-18-14(22)9-4-2-3-5-11(9)19-15(23)10-6-8(17)7-12-13(10)21-16(24)20-12/h6-7,9,11H,2-5H2,1H3,(H,18,22)(H,19,23)(H2,20,21,24)/t9-,11-/m0/s1. The fourth-order valence-corrected chi connectivity index (χ4v) is 3.55. The number of imidazole rings is 1. The van der Waals surface area contributed by atoms with E-state index in [1.165, 1.54) is 12.1 Å². The first kappa shape index (κ1) is 16.6. The summed E-state index contributed by atoms with van der Waals surface area (Å²) in [5, 5.41) is 5.54. The lowest BCUT2D eigenvalue weighted by atomic mass is 9.83. The molecular weight excluding hydrogens is 331 g/mol. The summed E-state index contributed by atoms with van der Waals surface area (Å²) in [4.78, 5) is 30.4. The van der Waals surface area contributed by atoms with Gasteiger partial charge in [-0.05, 0) is 37.2 Å². The van der Waals surface area contributed by atoms with Gasteiger partial charge in [0.25, 0.3) is 5.91 Å². The van der Waals surface area contributed by atoms with Gasteiger partial charge >= 0.3 is 0 Å². The van der Waals surface area contributed by atoms with Crippen molar-refractivity contribution in [1.29, 1.82) is 0 Å². The van der Waals surface area contributed by atoms with Crippen molar-refractivity contribution in [3.8, 4) is 0 Å². The molecule has 2 atom stereocenters. The van der Waals surface area contributed by atoms with Gasteiger partial charge in [0.05, 0.1) is 22.5 Å². The van der Waals surface area contributed by atoms with Crippen LogP contribution in [0.25, 0.3) is 11.0 Å². The van der Waals surface area contributed by atoms with Crippen LogP contribution in [0.1, 0.15) is 36.0 Å². The van der Waals surface area contributed by atoms with E-state index in [0.717, 1.165) is 25.7 Å². The number of aromatic amines is 2. The first-order valence-electron chi connectivity index (χ1n) is 7.93. The van der Waals surface area contributed by atoms with E-state index in [-0.39, 0.29) is 23.4 Å². The number of carbonyl (C=O) groups is 2. The third kappa shape index (κ3) is 3.19. The molecule has 1 aromatic carbocycles. The summed E-state index contributed by atoms with van der Waals surface area (Å²) in [6, 6.07) is 2.20. The third-order valence-electron chi connectivity index (χ3n) is 4.50. The summed E-state index contributed by atoms with van der Waals surface area (Å²) in [7, 11) is 1.59. The maximum absolute atomic E-state index is 13.8. The Balaban J connectivity index is 1.89. The molecule has 0 aliphatic heterocycles. The van der Waals surface area contributed by atoms with Gasteiger partial charge in [-0.25, -0.2) is 4.39 Å². The normalized spacial score (nSPS) is 20.8. The largest absolute Gasteiger partial charge is 0.359 e. The molecule has 6 nitrogen and oxygen atoms in total. The minimum atomic E-state index is -0.524. The Labute approximate surface area is 143 Å². The lowest BCUT2D eigenvalue weighted by molar-refractivity contribution is -0.126. The van der Waals surface area contributed by atoms with E-state index >= 15 is 0 Å². The van der Waals surface area contributed by atoms with Crippen LogP contribution in [0.2, 0.25) is 0 Å². The van der Waals surface area contributed by atoms with Crippen molar-refractivity contribution >= 4 is 35.1 Å². The molecular formula is C16H19FN4O2S. The zero-order valence-corrected chi connectivity index (χ0v) is 14.1.